The molecule has 3 rings (SSSR count). The van der Waals surface area contributed by atoms with Crippen molar-refractivity contribution in [1.29, 1.82) is 0 Å². The van der Waals surface area contributed by atoms with Crippen LogP contribution in [-0.2, 0) is 0 Å². The summed E-state index contributed by atoms with van der Waals surface area (Å²) >= 11 is 0. The summed E-state index contributed by atoms with van der Waals surface area (Å²) in [5.74, 6) is 0.711. The highest BCUT2D eigenvalue weighted by Crippen LogP contribution is 2.24. The van der Waals surface area contributed by atoms with Crippen molar-refractivity contribution in [2.24, 2.45) is 0 Å². The van der Waals surface area contributed by atoms with Crippen LogP contribution in [-0.4, -0.2) is 33.9 Å². The minimum absolute atomic E-state index is 0.711. The lowest BCUT2D eigenvalue weighted by atomic mass is 9.93. The van der Waals surface area contributed by atoms with Gasteiger partial charge in [-0.3, -0.25) is 4.98 Å². The molecule has 2 aromatic heterocycles. The summed E-state index contributed by atoms with van der Waals surface area (Å²) in [4.78, 5) is 14.7. The topological polar surface area (TPSA) is 56.8 Å². The van der Waals surface area contributed by atoms with Crippen molar-refractivity contribution in [2.75, 3.05) is 19.4 Å². The number of allylic oxidation sites excluding steroid dienone is 2. The number of H-pyrrole nitrogens is 1. The Morgan fingerprint density at radius 3 is 2.79 bits per heavy atom. The minimum Gasteiger partial charge on any atom is -0.383 e. The number of nitrogens with zero attached hydrogens (tertiary/aromatic N) is 3. The zero-order chi connectivity index (χ0) is 20.3. The fourth-order valence-corrected chi connectivity index (χ4v) is 3.54. The molecule has 1 aliphatic rings. The number of nitrogens with one attached hydrogen (secondary N) is 2. The Bertz CT molecular complexity index is 1050. The van der Waals surface area contributed by atoms with Gasteiger partial charge in [0, 0.05) is 43.4 Å². The van der Waals surface area contributed by atoms with Crippen LogP contribution in [0.5, 0.6) is 0 Å². The lowest BCUT2D eigenvalue weighted by Gasteiger charge is -2.15. The third-order valence-electron chi connectivity index (χ3n) is 4.93. The molecule has 0 fully saturated rings. The first-order valence-corrected chi connectivity index (χ1v) is 9.64. The van der Waals surface area contributed by atoms with Crippen molar-refractivity contribution in [3.05, 3.63) is 71.3 Å². The van der Waals surface area contributed by atoms with Gasteiger partial charge in [0.2, 0.25) is 5.95 Å². The lowest BCUT2D eigenvalue weighted by molar-refractivity contribution is 0.561. The smallest absolute Gasteiger partial charge is 0.205 e. The monoisotopic (exact) mass is 375 g/mol. The van der Waals surface area contributed by atoms with Gasteiger partial charge in [0.15, 0.2) is 0 Å². The zero-order valence-electron chi connectivity index (χ0n) is 17.3. The van der Waals surface area contributed by atoms with Crippen molar-refractivity contribution >= 4 is 22.8 Å². The first kappa shape index (κ1) is 19.7. The zero-order valence-corrected chi connectivity index (χ0v) is 17.3. The Morgan fingerprint density at radius 2 is 2.14 bits per heavy atom. The number of fused-ring (bicyclic) bond motifs is 1. The summed E-state index contributed by atoms with van der Waals surface area (Å²) < 4.78 is 0. The van der Waals surface area contributed by atoms with Gasteiger partial charge in [0.05, 0.1) is 10.7 Å². The maximum absolute atomic E-state index is 4.89. The van der Waals surface area contributed by atoms with Crippen molar-refractivity contribution in [3.8, 4) is 0 Å². The average Bonchev–Trinajstić information content (AvgIpc) is 3.08. The Kier molecular flexibility index (Phi) is 5.83. The number of anilines is 1. The first-order chi connectivity index (χ1) is 13.4. The second kappa shape index (κ2) is 8.30. The standard InChI is InChI=1S/C23H29N5/c1-7-17-9-10-20(18(8-2)14-28(5)6)22-21(17)26-23(27-22)25-16(4)19-11-12-24-15(3)13-19/h8,11-14H,2,4,7,9-10H2,1,3,5-6H3,(H2,25,26,27)/b18-14+. The van der Waals surface area contributed by atoms with E-state index < -0.39 is 0 Å². The Labute approximate surface area is 166 Å². The van der Waals surface area contributed by atoms with Gasteiger partial charge < -0.3 is 15.2 Å². The molecule has 0 saturated carbocycles. The van der Waals surface area contributed by atoms with Gasteiger partial charge in [-0.15, -0.1) is 0 Å². The van der Waals surface area contributed by atoms with E-state index in [1.165, 1.54) is 11.1 Å². The molecule has 0 spiro atoms. The second-order valence-electron chi connectivity index (χ2n) is 7.29. The van der Waals surface area contributed by atoms with Crippen LogP contribution in [0.4, 0.5) is 5.95 Å². The average molecular weight is 376 g/mol. The van der Waals surface area contributed by atoms with Gasteiger partial charge in [-0.2, -0.15) is 0 Å². The largest absolute Gasteiger partial charge is 0.383 e. The third kappa shape index (κ3) is 4.09. The van der Waals surface area contributed by atoms with Crippen molar-refractivity contribution in [3.63, 3.8) is 0 Å². The molecule has 0 aromatic carbocycles. The third-order valence-corrected chi connectivity index (χ3v) is 4.93. The number of imidazole rings is 1. The highest BCUT2D eigenvalue weighted by molar-refractivity contribution is 5.74. The van der Waals surface area contributed by atoms with Crippen LogP contribution in [0.3, 0.4) is 0 Å². The minimum atomic E-state index is 0.711. The van der Waals surface area contributed by atoms with Crippen molar-refractivity contribution in [1.82, 2.24) is 19.9 Å². The molecule has 0 atom stereocenters. The van der Waals surface area contributed by atoms with E-state index in [1.807, 2.05) is 44.1 Å². The first-order valence-electron chi connectivity index (χ1n) is 9.64. The summed E-state index contributed by atoms with van der Waals surface area (Å²) in [5.41, 5.74) is 6.50. The molecule has 1 aliphatic carbocycles. The molecule has 28 heavy (non-hydrogen) atoms. The van der Waals surface area contributed by atoms with Crippen LogP contribution in [0, 0.1) is 6.92 Å². The second-order valence-corrected chi connectivity index (χ2v) is 7.29. The van der Waals surface area contributed by atoms with E-state index in [-0.39, 0.29) is 0 Å². The van der Waals surface area contributed by atoms with Gasteiger partial charge >= 0.3 is 0 Å². The van der Waals surface area contributed by atoms with Crippen LogP contribution in [0.2, 0.25) is 0 Å². The van der Waals surface area contributed by atoms with E-state index in [4.69, 9.17) is 4.98 Å². The Morgan fingerprint density at radius 1 is 1.36 bits per heavy atom. The SMILES string of the molecule is C=C/C(=C\N(C)C)C1=c2nc(NC(=C)c3ccnc(C)c3)[nH]c2=C(CC)CC1. The molecule has 0 saturated heterocycles. The van der Waals surface area contributed by atoms with E-state index in [2.05, 4.69) is 41.6 Å². The number of aromatic nitrogens is 3. The normalized spacial score (nSPS) is 13.9. The summed E-state index contributed by atoms with van der Waals surface area (Å²) in [6.07, 6.45) is 8.81. The van der Waals surface area contributed by atoms with Crippen LogP contribution in [0.1, 0.15) is 37.4 Å². The number of aromatic amines is 1. The van der Waals surface area contributed by atoms with E-state index in [0.29, 0.717) is 5.95 Å². The number of hydrogen-bond acceptors (Lipinski definition) is 4. The van der Waals surface area contributed by atoms with E-state index in [9.17, 15) is 0 Å². The van der Waals surface area contributed by atoms with Crippen molar-refractivity contribution in [2.45, 2.75) is 33.1 Å². The fraction of sp³-hybridized carbons (Fsp3) is 0.304. The molecule has 2 aromatic rings. The lowest BCUT2D eigenvalue weighted by Crippen LogP contribution is -2.33. The van der Waals surface area contributed by atoms with Crippen LogP contribution in [0.25, 0.3) is 16.8 Å². The summed E-state index contributed by atoms with van der Waals surface area (Å²) in [6.45, 7) is 12.3. The number of aryl methyl sites for hydroxylation is 1. The fourth-order valence-electron chi connectivity index (χ4n) is 3.54. The van der Waals surface area contributed by atoms with Gasteiger partial charge in [-0.1, -0.05) is 26.2 Å². The number of pyridine rings is 1. The van der Waals surface area contributed by atoms with E-state index in [1.54, 1.807) is 6.20 Å². The molecule has 146 valence electrons. The summed E-state index contributed by atoms with van der Waals surface area (Å²) in [6, 6.07) is 3.96. The molecule has 0 amide bonds. The molecule has 0 aliphatic heterocycles. The maximum atomic E-state index is 4.89. The summed E-state index contributed by atoms with van der Waals surface area (Å²) in [7, 11) is 4.05. The molecule has 0 unspecified atom stereocenters. The molecule has 5 heteroatoms. The molecule has 0 bridgehead atoms. The van der Waals surface area contributed by atoms with E-state index in [0.717, 1.165) is 52.5 Å². The van der Waals surface area contributed by atoms with Gasteiger partial charge in [-0.25, -0.2) is 4.98 Å². The quantitative estimate of drug-likeness (QED) is 0.729. The van der Waals surface area contributed by atoms with Crippen LogP contribution in [0.15, 0.2) is 49.3 Å². The highest BCUT2D eigenvalue weighted by Gasteiger charge is 2.16. The predicted molar refractivity (Wildman–Crippen MR) is 118 cm³/mol. The predicted octanol–water partition coefficient (Wildman–Crippen LogP) is 3.33. The molecular weight excluding hydrogens is 346 g/mol. The molecule has 0 radical (unpaired) electrons. The highest BCUT2D eigenvalue weighted by atomic mass is 15.1. The number of rotatable bonds is 7. The van der Waals surface area contributed by atoms with Crippen LogP contribution >= 0.6 is 0 Å². The van der Waals surface area contributed by atoms with E-state index >= 15 is 0 Å². The van der Waals surface area contributed by atoms with Gasteiger partial charge in [0.25, 0.3) is 0 Å². The molecule has 5 nitrogen and oxygen atoms in total. The van der Waals surface area contributed by atoms with Crippen molar-refractivity contribution < 1.29 is 0 Å². The van der Waals surface area contributed by atoms with Gasteiger partial charge in [0.1, 0.15) is 0 Å². The molecule has 2 N–H and O–H groups in total. The summed E-state index contributed by atoms with van der Waals surface area (Å²) in [5, 5.41) is 5.47. The maximum Gasteiger partial charge on any atom is 0.205 e. The Balaban J connectivity index is 2.07. The van der Waals surface area contributed by atoms with Gasteiger partial charge in [-0.05, 0) is 55.0 Å². The number of hydrogen-bond donors (Lipinski definition) is 2. The molecular formula is C23H29N5. The molecule has 2 heterocycles. The Hall–Kier alpha value is -3.08. The van der Waals surface area contributed by atoms with Crippen LogP contribution < -0.4 is 16.0 Å².